The van der Waals surface area contributed by atoms with E-state index in [1.54, 1.807) is 23.4 Å². The molecule has 4 rings (SSSR count). The van der Waals surface area contributed by atoms with Gasteiger partial charge in [-0.15, -0.1) is 0 Å². The minimum absolute atomic E-state index is 0.0990. The van der Waals surface area contributed by atoms with Crippen molar-refractivity contribution in [3.8, 4) is 0 Å². The number of primary amides is 1. The van der Waals surface area contributed by atoms with Crippen molar-refractivity contribution in [3.05, 3.63) is 30.1 Å². The molecule has 2 aromatic heterocycles. The standard InChI is InChI=1S/C20H22F3N5O2/c21-20(22,23)14-7-13(8-14)19(30)28-5-3-27(4-6-28)15-9-16-12(1-2-17(24)29)10-25-18(16)26-11-15/h1-2,9-11,13-14H,3-8H2,(H2,24,29)(H,25,26). The number of amides is 2. The number of alkyl halides is 3. The van der Waals surface area contributed by atoms with E-state index in [0.29, 0.717) is 31.8 Å². The molecule has 0 unspecified atom stereocenters. The first-order valence-corrected chi connectivity index (χ1v) is 9.77. The smallest absolute Gasteiger partial charge is 0.367 e. The van der Waals surface area contributed by atoms with E-state index in [4.69, 9.17) is 5.73 Å². The molecule has 0 radical (unpaired) electrons. The summed E-state index contributed by atoms with van der Waals surface area (Å²) in [5, 5.41) is 0.844. The third kappa shape index (κ3) is 3.99. The van der Waals surface area contributed by atoms with E-state index in [9.17, 15) is 22.8 Å². The van der Waals surface area contributed by atoms with Crippen molar-refractivity contribution in [3.63, 3.8) is 0 Å². The molecule has 0 atom stereocenters. The molecule has 2 amide bonds. The van der Waals surface area contributed by atoms with Crippen LogP contribution >= 0.6 is 0 Å². The number of fused-ring (bicyclic) bond motifs is 1. The fourth-order valence-corrected chi connectivity index (χ4v) is 4.03. The van der Waals surface area contributed by atoms with Crippen molar-refractivity contribution in [2.24, 2.45) is 17.6 Å². The van der Waals surface area contributed by atoms with Gasteiger partial charge in [0.2, 0.25) is 11.8 Å². The number of carbonyl (C=O) groups is 2. The van der Waals surface area contributed by atoms with E-state index in [0.717, 1.165) is 16.6 Å². The van der Waals surface area contributed by atoms with Crippen LogP contribution in [0.15, 0.2) is 24.5 Å². The average molecular weight is 421 g/mol. The quantitative estimate of drug-likeness (QED) is 0.741. The fourth-order valence-electron chi connectivity index (χ4n) is 4.03. The third-order valence-corrected chi connectivity index (χ3v) is 5.88. The van der Waals surface area contributed by atoms with Crippen LogP contribution in [0.25, 0.3) is 17.1 Å². The van der Waals surface area contributed by atoms with Gasteiger partial charge in [-0.1, -0.05) is 0 Å². The van der Waals surface area contributed by atoms with Gasteiger partial charge in [0, 0.05) is 55.3 Å². The lowest BCUT2D eigenvalue weighted by Crippen LogP contribution is -2.53. The molecule has 0 spiro atoms. The number of aromatic nitrogens is 2. The van der Waals surface area contributed by atoms with E-state index >= 15 is 0 Å². The van der Waals surface area contributed by atoms with Crippen LogP contribution in [0.5, 0.6) is 0 Å². The number of hydrogen-bond donors (Lipinski definition) is 2. The molecule has 2 aliphatic rings. The van der Waals surface area contributed by atoms with Crippen LogP contribution in [0.3, 0.4) is 0 Å². The first-order valence-electron chi connectivity index (χ1n) is 9.77. The molecule has 1 saturated carbocycles. The molecule has 1 aliphatic carbocycles. The first kappa shape index (κ1) is 20.2. The Kier molecular flexibility index (Phi) is 5.17. The zero-order valence-corrected chi connectivity index (χ0v) is 16.2. The van der Waals surface area contributed by atoms with E-state index in [2.05, 4.69) is 14.9 Å². The number of anilines is 1. The van der Waals surface area contributed by atoms with Crippen LogP contribution < -0.4 is 10.6 Å². The highest BCUT2D eigenvalue weighted by molar-refractivity contribution is 5.95. The lowest BCUT2D eigenvalue weighted by molar-refractivity contribution is -0.206. The number of piperazine rings is 1. The summed E-state index contributed by atoms with van der Waals surface area (Å²) in [4.78, 5) is 34.7. The Balaban J connectivity index is 1.38. The van der Waals surface area contributed by atoms with Crippen molar-refractivity contribution in [2.45, 2.75) is 19.0 Å². The largest absolute Gasteiger partial charge is 0.391 e. The number of nitrogens with two attached hydrogens (primary N) is 1. The average Bonchev–Trinajstić information content (AvgIpc) is 3.06. The van der Waals surface area contributed by atoms with Crippen molar-refractivity contribution >= 4 is 34.6 Å². The second kappa shape index (κ2) is 7.66. The highest BCUT2D eigenvalue weighted by Gasteiger charge is 2.50. The molecule has 0 aromatic carbocycles. The summed E-state index contributed by atoms with van der Waals surface area (Å²) in [5.74, 6) is -2.57. The highest BCUT2D eigenvalue weighted by Crippen LogP contribution is 2.45. The Hall–Kier alpha value is -3.04. The number of aromatic amines is 1. The van der Waals surface area contributed by atoms with Gasteiger partial charge < -0.3 is 20.5 Å². The molecule has 1 aliphatic heterocycles. The molecular formula is C20H22F3N5O2. The summed E-state index contributed by atoms with van der Waals surface area (Å²) in [5.41, 5.74) is 7.50. The van der Waals surface area contributed by atoms with Crippen LogP contribution in [0.1, 0.15) is 18.4 Å². The Morgan fingerprint density at radius 1 is 1.20 bits per heavy atom. The Morgan fingerprint density at radius 2 is 1.90 bits per heavy atom. The topological polar surface area (TPSA) is 95.3 Å². The maximum absolute atomic E-state index is 12.7. The number of nitrogens with zero attached hydrogens (tertiary/aromatic N) is 3. The van der Waals surface area contributed by atoms with Gasteiger partial charge >= 0.3 is 6.18 Å². The third-order valence-electron chi connectivity index (χ3n) is 5.88. The maximum Gasteiger partial charge on any atom is 0.391 e. The van der Waals surface area contributed by atoms with E-state index in [1.165, 1.54) is 6.08 Å². The fraction of sp³-hybridized carbons (Fsp3) is 0.450. The number of rotatable bonds is 4. The molecule has 2 fully saturated rings. The van der Waals surface area contributed by atoms with E-state index < -0.39 is 23.9 Å². The minimum Gasteiger partial charge on any atom is -0.367 e. The zero-order chi connectivity index (χ0) is 21.5. The van der Waals surface area contributed by atoms with Crippen LogP contribution in [-0.4, -0.2) is 59.0 Å². The molecule has 0 bridgehead atoms. The number of nitrogens with one attached hydrogen (secondary N) is 1. The summed E-state index contributed by atoms with van der Waals surface area (Å²) >= 11 is 0. The summed E-state index contributed by atoms with van der Waals surface area (Å²) in [6.45, 7) is 2.08. The molecule has 3 N–H and O–H groups in total. The predicted molar refractivity (Wildman–Crippen MR) is 105 cm³/mol. The normalized spacial score (nSPS) is 22.5. The van der Waals surface area contributed by atoms with Gasteiger partial charge in [-0.05, 0) is 25.0 Å². The van der Waals surface area contributed by atoms with Crippen molar-refractivity contribution in [2.75, 3.05) is 31.1 Å². The Morgan fingerprint density at radius 3 is 2.53 bits per heavy atom. The second-order valence-electron chi connectivity index (χ2n) is 7.79. The highest BCUT2D eigenvalue weighted by atomic mass is 19.4. The van der Waals surface area contributed by atoms with Crippen LogP contribution in [0.4, 0.5) is 18.9 Å². The molecule has 10 heteroatoms. The lowest BCUT2D eigenvalue weighted by atomic mass is 9.73. The zero-order valence-electron chi connectivity index (χ0n) is 16.2. The lowest BCUT2D eigenvalue weighted by Gasteiger charge is -2.41. The summed E-state index contributed by atoms with van der Waals surface area (Å²) < 4.78 is 38.0. The van der Waals surface area contributed by atoms with Crippen molar-refractivity contribution in [1.29, 1.82) is 0 Å². The molecule has 3 heterocycles. The Bertz CT molecular complexity index is 986. The summed E-state index contributed by atoms with van der Waals surface area (Å²) in [6.07, 6.45) is 1.98. The van der Waals surface area contributed by atoms with Gasteiger partial charge in [0.15, 0.2) is 0 Å². The predicted octanol–water partition coefficient (Wildman–Crippen LogP) is 2.30. The van der Waals surface area contributed by atoms with Gasteiger partial charge in [-0.25, -0.2) is 4.98 Å². The van der Waals surface area contributed by atoms with Gasteiger partial charge in [0.1, 0.15) is 5.65 Å². The first-order chi connectivity index (χ1) is 14.2. The van der Waals surface area contributed by atoms with E-state index in [1.807, 2.05) is 6.07 Å². The minimum atomic E-state index is -4.20. The molecule has 30 heavy (non-hydrogen) atoms. The second-order valence-corrected chi connectivity index (χ2v) is 7.79. The van der Waals surface area contributed by atoms with Crippen LogP contribution in [-0.2, 0) is 9.59 Å². The van der Waals surface area contributed by atoms with Gasteiger partial charge in [-0.2, -0.15) is 13.2 Å². The number of carbonyl (C=O) groups excluding carboxylic acids is 2. The van der Waals surface area contributed by atoms with Gasteiger partial charge in [0.05, 0.1) is 17.8 Å². The number of hydrogen-bond acceptors (Lipinski definition) is 4. The molecule has 1 saturated heterocycles. The van der Waals surface area contributed by atoms with Crippen molar-refractivity contribution < 1.29 is 22.8 Å². The van der Waals surface area contributed by atoms with Crippen LogP contribution in [0, 0.1) is 11.8 Å². The maximum atomic E-state index is 12.7. The monoisotopic (exact) mass is 421 g/mol. The number of pyridine rings is 1. The molecule has 7 nitrogen and oxygen atoms in total. The van der Waals surface area contributed by atoms with E-state index in [-0.39, 0.29) is 18.7 Å². The molecule has 160 valence electrons. The number of H-pyrrole nitrogens is 1. The number of halogens is 3. The van der Waals surface area contributed by atoms with Crippen LogP contribution in [0.2, 0.25) is 0 Å². The Labute approximate surface area is 170 Å². The van der Waals surface area contributed by atoms with Crippen molar-refractivity contribution in [1.82, 2.24) is 14.9 Å². The summed E-state index contributed by atoms with van der Waals surface area (Å²) in [7, 11) is 0. The molecular weight excluding hydrogens is 399 g/mol. The van der Waals surface area contributed by atoms with Gasteiger partial charge in [-0.3, -0.25) is 9.59 Å². The summed E-state index contributed by atoms with van der Waals surface area (Å²) in [6, 6.07) is 1.96. The SMILES string of the molecule is NC(=O)C=Cc1c[nH]c2ncc(N3CCN(C(=O)C4CC(C(F)(F)F)C4)CC3)cc12. The molecule has 2 aromatic rings. The van der Waals surface area contributed by atoms with Gasteiger partial charge in [0.25, 0.3) is 0 Å².